The summed E-state index contributed by atoms with van der Waals surface area (Å²) in [6.07, 6.45) is 5.72. The molecule has 0 unspecified atom stereocenters. The molecule has 1 aromatic heterocycles. The first kappa shape index (κ1) is 13.2. The molecule has 0 aromatic carbocycles. The fourth-order valence-electron chi connectivity index (χ4n) is 2.19. The third-order valence-electron chi connectivity index (χ3n) is 3.37. The zero-order valence-electron chi connectivity index (χ0n) is 11.1. The van der Waals surface area contributed by atoms with Crippen LogP contribution in [0.3, 0.4) is 0 Å². The van der Waals surface area contributed by atoms with Crippen molar-refractivity contribution in [3.05, 3.63) is 17.5 Å². The summed E-state index contributed by atoms with van der Waals surface area (Å²) in [5, 5.41) is 0. The molecule has 0 amide bonds. The number of likely N-dealkylation sites (tertiary alicyclic amines) is 1. The van der Waals surface area contributed by atoms with Gasteiger partial charge in [-0.2, -0.15) is 0 Å². The second-order valence-corrected chi connectivity index (χ2v) is 4.72. The van der Waals surface area contributed by atoms with E-state index in [2.05, 4.69) is 14.9 Å². The first-order valence-corrected chi connectivity index (χ1v) is 6.67. The van der Waals surface area contributed by atoms with Crippen LogP contribution in [0.25, 0.3) is 0 Å². The van der Waals surface area contributed by atoms with Gasteiger partial charge < -0.3 is 10.5 Å². The zero-order valence-corrected chi connectivity index (χ0v) is 11.1. The minimum Gasteiger partial charge on any atom is -0.462 e. The molecule has 18 heavy (non-hydrogen) atoms. The Bertz CT molecular complexity index is 377. The van der Waals surface area contributed by atoms with Crippen LogP contribution in [0, 0.1) is 6.92 Å². The lowest BCUT2D eigenvalue weighted by atomic mass is 10.1. The van der Waals surface area contributed by atoms with E-state index in [-0.39, 0.29) is 0 Å². The molecule has 0 aliphatic carbocycles. The Balaban J connectivity index is 1.77. The van der Waals surface area contributed by atoms with Crippen molar-refractivity contribution in [1.82, 2.24) is 14.9 Å². The van der Waals surface area contributed by atoms with Gasteiger partial charge in [-0.3, -0.25) is 4.90 Å². The van der Waals surface area contributed by atoms with Crippen LogP contribution in [0.4, 0.5) is 0 Å². The maximum absolute atomic E-state index is 5.58. The Kier molecular flexibility index (Phi) is 4.90. The highest BCUT2D eigenvalue weighted by atomic mass is 16.5. The predicted molar refractivity (Wildman–Crippen MR) is 70.4 cm³/mol. The van der Waals surface area contributed by atoms with Gasteiger partial charge in [-0.25, -0.2) is 9.97 Å². The SMILES string of the molecule is Cc1nc(OCCN2CCCCC2)ncc1CN. The quantitative estimate of drug-likeness (QED) is 0.848. The summed E-state index contributed by atoms with van der Waals surface area (Å²) in [6.45, 7) is 6.40. The number of aryl methyl sites for hydroxylation is 1. The van der Waals surface area contributed by atoms with Crippen molar-refractivity contribution in [2.24, 2.45) is 5.73 Å². The Morgan fingerprint density at radius 1 is 1.33 bits per heavy atom. The molecule has 0 spiro atoms. The van der Waals surface area contributed by atoms with E-state index >= 15 is 0 Å². The summed E-state index contributed by atoms with van der Waals surface area (Å²) < 4.78 is 5.58. The van der Waals surface area contributed by atoms with E-state index in [4.69, 9.17) is 10.5 Å². The summed E-state index contributed by atoms with van der Waals surface area (Å²) in [5.41, 5.74) is 7.44. The molecular weight excluding hydrogens is 228 g/mol. The fourth-order valence-corrected chi connectivity index (χ4v) is 2.19. The van der Waals surface area contributed by atoms with Crippen LogP contribution in [0.5, 0.6) is 6.01 Å². The van der Waals surface area contributed by atoms with Crippen LogP contribution < -0.4 is 10.5 Å². The van der Waals surface area contributed by atoms with Gasteiger partial charge >= 0.3 is 6.01 Å². The lowest BCUT2D eigenvalue weighted by Crippen LogP contribution is -2.33. The van der Waals surface area contributed by atoms with Gasteiger partial charge in [-0.15, -0.1) is 0 Å². The molecule has 1 aromatic rings. The van der Waals surface area contributed by atoms with Gasteiger partial charge in [0.25, 0.3) is 0 Å². The fraction of sp³-hybridized carbons (Fsp3) is 0.692. The van der Waals surface area contributed by atoms with Crippen molar-refractivity contribution in [1.29, 1.82) is 0 Å². The predicted octanol–water partition coefficient (Wildman–Crippen LogP) is 1.11. The highest BCUT2D eigenvalue weighted by molar-refractivity contribution is 5.17. The molecule has 1 aliphatic rings. The molecule has 2 rings (SSSR count). The van der Waals surface area contributed by atoms with Crippen molar-refractivity contribution in [3.8, 4) is 6.01 Å². The average molecular weight is 250 g/mol. The van der Waals surface area contributed by atoms with Gasteiger partial charge in [-0.05, 0) is 32.9 Å². The van der Waals surface area contributed by atoms with Crippen LogP contribution in [-0.4, -0.2) is 41.1 Å². The molecule has 100 valence electrons. The molecule has 2 heterocycles. The van der Waals surface area contributed by atoms with Gasteiger partial charge in [0.05, 0.1) is 0 Å². The van der Waals surface area contributed by atoms with E-state index in [9.17, 15) is 0 Å². The number of nitrogens with zero attached hydrogens (tertiary/aromatic N) is 3. The number of hydrogen-bond donors (Lipinski definition) is 1. The molecule has 0 radical (unpaired) electrons. The summed E-state index contributed by atoms with van der Waals surface area (Å²) in [5.74, 6) is 0. The number of nitrogens with two attached hydrogens (primary N) is 1. The van der Waals surface area contributed by atoms with Crippen molar-refractivity contribution < 1.29 is 4.74 Å². The first-order valence-electron chi connectivity index (χ1n) is 6.67. The topological polar surface area (TPSA) is 64.3 Å². The summed E-state index contributed by atoms with van der Waals surface area (Å²) in [6, 6.07) is 0.460. The standard InChI is InChI=1S/C13H22N4O/c1-11-12(9-14)10-15-13(16-11)18-8-7-17-5-3-2-4-6-17/h10H,2-9,14H2,1H3. The lowest BCUT2D eigenvalue weighted by molar-refractivity contribution is 0.177. The van der Waals surface area contributed by atoms with E-state index in [0.29, 0.717) is 19.2 Å². The van der Waals surface area contributed by atoms with Crippen LogP contribution >= 0.6 is 0 Å². The number of rotatable bonds is 5. The summed E-state index contributed by atoms with van der Waals surface area (Å²) in [7, 11) is 0. The van der Waals surface area contributed by atoms with Crippen molar-refractivity contribution >= 4 is 0 Å². The number of piperidine rings is 1. The second-order valence-electron chi connectivity index (χ2n) is 4.72. The van der Waals surface area contributed by atoms with E-state index in [0.717, 1.165) is 17.8 Å². The monoisotopic (exact) mass is 250 g/mol. The van der Waals surface area contributed by atoms with Gasteiger partial charge in [0, 0.05) is 30.5 Å². The highest BCUT2D eigenvalue weighted by Gasteiger charge is 2.10. The molecule has 5 nitrogen and oxygen atoms in total. The molecule has 1 fully saturated rings. The normalized spacial score (nSPS) is 16.8. The van der Waals surface area contributed by atoms with Gasteiger partial charge in [0.15, 0.2) is 0 Å². The van der Waals surface area contributed by atoms with E-state index in [1.807, 2.05) is 6.92 Å². The maximum Gasteiger partial charge on any atom is 0.316 e. The molecule has 1 saturated heterocycles. The maximum atomic E-state index is 5.58. The van der Waals surface area contributed by atoms with Gasteiger partial charge in [-0.1, -0.05) is 6.42 Å². The van der Waals surface area contributed by atoms with Gasteiger partial charge in [0.2, 0.25) is 0 Å². The Hall–Kier alpha value is -1.20. The molecule has 1 aliphatic heterocycles. The Labute approximate surface area is 108 Å². The minimum absolute atomic E-state index is 0.460. The second kappa shape index (κ2) is 6.66. The molecule has 0 bridgehead atoms. The van der Waals surface area contributed by atoms with Crippen molar-refractivity contribution in [2.45, 2.75) is 32.7 Å². The summed E-state index contributed by atoms with van der Waals surface area (Å²) in [4.78, 5) is 10.9. The summed E-state index contributed by atoms with van der Waals surface area (Å²) >= 11 is 0. The molecule has 0 saturated carbocycles. The smallest absolute Gasteiger partial charge is 0.316 e. The molecule has 5 heteroatoms. The largest absolute Gasteiger partial charge is 0.462 e. The third kappa shape index (κ3) is 3.65. The van der Waals surface area contributed by atoms with Crippen molar-refractivity contribution in [3.63, 3.8) is 0 Å². The van der Waals surface area contributed by atoms with Crippen molar-refractivity contribution in [2.75, 3.05) is 26.2 Å². The molecule has 0 atom stereocenters. The van der Waals surface area contributed by atoms with E-state index in [1.54, 1.807) is 6.20 Å². The molecular formula is C13H22N4O. The Morgan fingerprint density at radius 3 is 2.78 bits per heavy atom. The number of hydrogen-bond acceptors (Lipinski definition) is 5. The van der Waals surface area contributed by atoms with Crippen LogP contribution in [0.1, 0.15) is 30.5 Å². The zero-order chi connectivity index (χ0) is 12.8. The number of ether oxygens (including phenoxy) is 1. The minimum atomic E-state index is 0.460. The van der Waals surface area contributed by atoms with Crippen LogP contribution in [0.2, 0.25) is 0 Å². The highest BCUT2D eigenvalue weighted by Crippen LogP contribution is 2.10. The average Bonchev–Trinajstić information content (AvgIpc) is 2.40. The van der Waals surface area contributed by atoms with E-state index in [1.165, 1.54) is 32.4 Å². The number of aromatic nitrogens is 2. The van der Waals surface area contributed by atoms with Gasteiger partial charge in [0.1, 0.15) is 6.61 Å². The lowest BCUT2D eigenvalue weighted by Gasteiger charge is -2.25. The van der Waals surface area contributed by atoms with Crippen LogP contribution in [0.15, 0.2) is 6.20 Å². The van der Waals surface area contributed by atoms with Crippen LogP contribution in [-0.2, 0) is 6.54 Å². The Morgan fingerprint density at radius 2 is 2.11 bits per heavy atom. The van der Waals surface area contributed by atoms with E-state index < -0.39 is 0 Å². The first-order chi connectivity index (χ1) is 8.79. The molecule has 2 N–H and O–H groups in total. The third-order valence-corrected chi connectivity index (χ3v) is 3.37.